The van der Waals surface area contributed by atoms with E-state index in [4.69, 9.17) is 10.5 Å². The van der Waals surface area contributed by atoms with Crippen LogP contribution in [0.3, 0.4) is 0 Å². The van der Waals surface area contributed by atoms with Gasteiger partial charge in [0.1, 0.15) is 0 Å². The molecule has 1 amide bonds. The van der Waals surface area contributed by atoms with Gasteiger partial charge in [0.05, 0.1) is 28.5 Å². The number of hydrazone groups is 1. The first-order chi connectivity index (χ1) is 12.9. The molecule has 0 aliphatic heterocycles. The lowest BCUT2D eigenvalue weighted by Gasteiger charge is -2.05. The minimum atomic E-state index is -0.746. The zero-order chi connectivity index (χ0) is 19.6. The number of anilines is 1. The summed E-state index contributed by atoms with van der Waals surface area (Å²) in [5.74, 6) is -1.13. The summed E-state index contributed by atoms with van der Waals surface area (Å²) in [7, 11) is 1.27. The van der Waals surface area contributed by atoms with Crippen LogP contribution in [-0.4, -0.2) is 34.2 Å². The van der Waals surface area contributed by atoms with Gasteiger partial charge >= 0.3 is 5.69 Å². The highest BCUT2D eigenvalue weighted by molar-refractivity contribution is 7.22. The first-order valence-corrected chi connectivity index (χ1v) is 8.25. The molecule has 2 aromatic carbocycles. The van der Waals surface area contributed by atoms with Crippen molar-refractivity contribution in [2.45, 2.75) is 0 Å². The Morgan fingerprint density at radius 3 is 2.93 bits per heavy atom. The molecule has 3 aromatic rings. The summed E-state index contributed by atoms with van der Waals surface area (Å²) in [6.07, 6.45) is 1.20. The van der Waals surface area contributed by atoms with Crippen LogP contribution in [0, 0.1) is 10.1 Å². The summed E-state index contributed by atoms with van der Waals surface area (Å²) in [5.41, 5.74) is 8.75. The topological polar surface area (TPSA) is 153 Å². The second kappa shape index (κ2) is 7.25. The molecule has 0 saturated heterocycles. The number of rotatable bonds is 5. The molecule has 1 aromatic heterocycles. The molecule has 0 radical (unpaired) electrons. The van der Waals surface area contributed by atoms with E-state index in [1.165, 1.54) is 30.7 Å². The van der Waals surface area contributed by atoms with Crippen molar-refractivity contribution in [3.63, 3.8) is 0 Å². The smallest absolute Gasteiger partial charge is 0.315 e. The zero-order valence-corrected chi connectivity index (χ0v) is 14.7. The van der Waals surface area contributed by atoms with Gasteiger partial charge in [0.15, 0.2) is 10.9 Å². The molecule has 10 nitrogen and oxygen atoms in total. The monoisotopic (exact) mass is 387 g/mol. The molecule has 1 heterocycles. The fourth-order valence-electron chi connectivity index (χ4n) is 2.30. The van der Waals surface area contributed by atoms with Crippen molar-refractivity contribution < 1.29 is 19.6 Å². The van der Waals surface area contributed by atoms with E-state index in [-0.39, 0.29) is 11.3 Å². The maximum absolute atomic E-state index is 12.2. The minimum absolute atomic E-state index is 0.0785. The maximum atomic E-state index is 12.2. The lowest BCUT2D eigenvalue weighted by Crippen LogP contribution is -2.17. The van der Waals surface area contributed by atoms with E-state index >= 15 is 0 Å². The van der Waals surface area contributed by atoms with Crippen LogP contribution in [0.2, 0.25) is 0 Å². The van der Waals surface area contributed by atoms with Gasteiger partial charge in [-0.3, -0.25) is 14.9 Å². The summed E-state index contributed by atoms with van der Waals surface area (Å²) in [6.45, 7) is 0. The number of carbonyl (C=O) groups is 1. The molecule has 0 unspecified atom stereocenters. The van der Waals surface area contributed by atoms with Gasteiger partial charge in [-0.1, -0.05) is 11.3 Å². The van der Waals surface area contributed by atoms with Gasteiger partial charge in [-0.25, -0.2) is 10.4 Å². The molecule has 11 heteroatoms. The number of carbonyl (C=O) groups excluding carboxylic acids is 1. The van der Waals surface area contributed by atoms with Crippen molar-refractivity contribution in [2.75, 3.05) is 12.8 Å². The molecule has 0 aliphatic rings. The number of benzene rings is 2. The molecule has 0 fully saturated rings. The lowest BCUT2D eigenvalue weighted by atomic mass is 10.2. The predicted octanol–water partition coefficient (Wildman–Crippen LogP) is 2.26. The number of hydrogen-bond donors (Lipinski definition) is 3. The molecule has 4 N–H and O–H groups in total. The molecule has 0 saturated carbocycles. The van der Waals surface area contributed by atoms with Gasteiger partial charge in [-0.15, -0.1) is 0 Å². The number of amides is 1. The molecule has 0 bridgehead atoms. The number of nitrogen functional groups attached to an aromatic ring is 1. The molecule has 27 heavy (non-hydrogen) atoms. The third-order valence-electron chi connectivity index (χ3n) is 3.54. The van der Waals surface area contributed by atoms with E-state index in [1.54, 1.807) is 18.2 Å². The van der Waals surface area contributed by atoms with E-state index in [1.807, 2.05) is 0 Å². The number of nitro benzene ring substituents is 1. The second-order valence-corrected chi connectivity index (χ2v) is 6.34. The molecule has 0 spiro atoms. The van der Waals surface area contributed by atoms with Crippen LogP contribution in [0.1, 0.15) is 15.9 Å². The highest BCUT2D eigenvalue weighted by atomic mass is 32.1. The molecule has 3 rings (SSSR count). The van der Waals surface area contributed by atoms with Crippen molar-refractivity contribution >= 4 is 44.5 Å². The number of ether oxygens (including phenoxy) is 1. The lowest BCUT2D eigenvalue weighted by molar-refractivity contribution is -0.386. The summed E-state index contributed by atoms with van der Waals surface area (Å²) < 4.78 is 5.66. The van der Waals surface area contributed by atoms with E-state index < -0.39 is 22.3 Å². The highest BCUT2D eigenvalue weighted by Gasteiger charge is 2.19. The molecule has 0 atom stereocenters. The van der Waals surface area contributed by atoms with Crippen molar-refractivity contribution in [3.05, 3.63) is 51.6 Å². The number of nitrogens with one attached hydrogen (secondary N) is 1. The van der Waals surface area contributed by atoms with E-state index in [9.17, 15) is 20.0 Å². The Morgan fingerprint density at radius 1 is 1.44 bits per heavy atom. The van der Waals surface area contributed by atoms with Crippen LogP contribution in [0.5, 0.6) is 11.5 Å². The average molecular weight is 387 g/mol. The summed E-state index contributed by atoms with van der Waals surface area (Å²) in [4.78, 5) is 26.5. The van der Waals surface area contributed by atoms with Crippen LogP contribution >= 0.6 is 11.3 Å². The number of aromatic nitrogens is 1. The maximum Gasteiger partial charge on any atom is 0.315 e. The van der Waals surface area contributed by atoms with Gasteiger partial charge < -0.3 is 15.6 Å². The standard InChI is InChI=1S/C16H13N5O5S/c1-26-12-5-8(4-11(14(12)22)21(24)25)7-18-20-15(23)9-2-3-10-13(6-9)27-16(17)19-10/h2-7,22H,1H3,(H2,17,19)(H,20,23)/b18-7-. The highest BCUT2D eigenvalue weighted by Crippen LogP contribution is 2.36. The Labute approximate surface area is 156 Å². The van der Waals surface area contributed by atoms with Crippen molar-refractivity contribution in [1.82, 2.24) is 10.4 Å². The van der Waals surface area contributed by atoms with E-state index in [0.717, 1.165) is 10.8 Å². The van der Waals surface area contributed by atoms with Crippen molar-refractivity contribution in [2.24, 2.45) is 5.10 Å². The quantitative estimate of drug-likeness (QED) is 0.345. The molecule has 0 aliphatic carbocycles. The second-order valence-electron chi connectivity index (χ2n) is 5.28. The number of aromatic hydroxyl groups is 1. The first kappa shape index (κ1) is 18.1. The Kier molecular flexibility index (Phi) is 4.86. The zero-order valence-electron chi connectivity index (χ0n) is 13.9. The van der Waals surface area contributed by atoms with Crippen molar-refractivity contribution in [3.8, 4) is 11.5 Å². The van der Waals surface area contributed by atoms with E-state index in [0.29, 0.717) is 16.2 Å². The fraction of sp³-hybridized carbons (Fsp3) is 0.0625. The Bertz CT molecular complexity index is 1080. The third kappa shape index (κ3) is 3.77. The number of fused-ring (bicyclic) bond motifs is 1. The Hall–Kier alpha value is -3.73. The van der Waals surface area contributed by atoms with Gasteiger partial charge in [0.25, 0.3) is 5.91 Å². The van der Waals surface area contributed by atoms with Crippen LogP contribution in [0.15, 0.2) is 35.4 Å². The minimum Gasteiger partial charge on any atom is -0.500 e. The normalized spacial score (nSPS) is 11.0. The summed E-state index contributed by atoms with van der Waals surface area (Å²) in [5, 5.41) is 24.9. The summed E-state index contributed by atoms with van der Waals surface area (Å²) >= 11 is 1.26. The Balaban J connectivity index is 1.78. The predicted molar refractivity (Wildman–Crippen MR) is 100 cm³/mol. The number of nitrogens with two attached hydrogens (primary N) is 1. The Morgan fingerprint density at radius 2 is 2.22 bits per heavy atom. The van der Waals surface area contributed by atoms with Gasteiger partial charge in [-0.2, -0.15) is 5.10 Å². The number of hydrogen-bond acceptors (Lipinski definition) is 9. The molecule has 138 valence electrons. The van der Waals surface area contributed by atoms with Gasteiger partial charge in [0, 0.05) is 17.2 Å². The van der Waals surface area contributed by atoms with Crippen LogP contribution in [0.25, 0.3) is 10.2 Å². The van der Waals surface area contributed by atoms with E-state index in [2.05, 4.69) is 15.5 Å². The number of nitro groups is 1. The molecular weight excluding hydrogens is 374 g/mol. The fourth-order valence-corrected chi connectivity index (χ4v) is 3.07. The van der Waals surface area contributed by atoms with Crippen LogP contribution in [-0.2, 0) is 0 Å². The number of nitrogens with zero attached hydrogens (tertiary/aromatic N) is 3. The van der Waals surface area contributed by atoms with Crippen LogP contribution in [0.4, 0.5) is 10.8 Å². The number of phenols is 1. The number of methoxy groups -OCH3 is 1. The number of phenolic OH excluding ortho intramolecular Hbond substituents is 1. The third-order valence-corrected chi connectivity index (χ3v) is 4.39. The summed E-state index contributed by atoms with van der Waals surface area (Å²) in [6, 6.07) is 7.36. The first-order valence-electron chi connectivity index (χ1n) is 7.44. The molecular formula is C16H13N5O5S. The largest absolute Gasteiger partial charge is 0.500 e. The number of thiazole rings is 1. The van der Waals surface area contributed by atoms with Crippen LogP contribution < -0.4 is 15.9 Å². The SMILES string of the molecule is COc1cc(/C=N\NC(=O)c2ccc3nc(N)sc3c2)cc([N+](=O)[O-])c1O. The van der Waals surface area contributed by atoms with Gasteiger partial charge in [-0.05, 0) is 24.3 Å². The van der Waals surface area contributed by atoms with Gasteiger partial charge in [0.2, 0.25) is 5.75 Å². The van der Waals surface area contributed by atoms with Crippen molar-refractivity contribution in [1.29, 1.82) is 0 Å². The average Bonchev–Trinajstić information content (AvgIpc) is 3.01.